The van der Waals surface area contributed by atoms with Crippen LogP contribution in [0.3, 0.4) is 0 Å². The molecule has 0 aromatic heterocycles. The van der Waals surface area contributed by atoms with Crippen LogP contribution >= 0.6 is 0 Å². The zero-order chi connectivity index (χ0) is 23.9. The molecule has 32 heavy (non-hydrogen) atoms. The van der Waals surface area contributed by atoms with Crippen molar-refractivity contribution in [3.8, 4) is 0 Å². The van der Waals surface area contributed by atoms with Gasteiger partial charge in [0, 0.05) is 0 Å². The second-order valence-corrected chi connectivity index (χ2v) is 4.07. The Bertz CT molecular complexity index is 619. The maximum Gasteiger partial charge on any atom is 3.00 e. The normalized spacial score (nSPS) is 10.1. The first-order valence-electron chi connectivity index (χ1n) is 7.18. The van der Waals surface area contributed by atoms with Crippen molar-refractivity contribution in [1.82, 2.24) is 0 Å². The minimum atomic E-state index is -1.37. The fourth-order valence-corrected chi connectivity index (χ4v) is 0.805. The van der Waals surface area contributed by atoms with Gasteiger partial charge in [-0.2, -0.15) is 0 Å². The molecule has 0 rings (SSSR count). The van der Waals surface area contributed by atoms with Gasteiger partial charge in [0.1, 0.15) is 0 Å². The number of carbonyl (C=O) groups excluding carboxylic acids is 6. The van der Waals surface area contributed by atoms with Gasteiger partial charge in [-0.15, -0.1) is 0 Å². The monoisotopic (exact) mass is 532 g/mol. The number of hydrogen-bond acceptors (Lipinski definition) is 12. The van der Waals surface area contributed by atoms with Gasteiger partial charge >= 0.3 is 34.1 Å². The number of carboxylic acids is 6. The van der Waals surface area contributed by atoms with Gasteiger partial charge in [0.25, 0.3) is 0 Å². The van der Waals surface area contributed by atoms with Gasteiger partial charge in [-0.1, -0.05) is 36.5 Å². The molecule has 0 aromatic rings. The van der Waals surface area contributed by atoms with Crippen LogP contribution in [0, 0.1) is 0 Å². The molecule has 0 spiro atoms. The van der Waals surface area contributed by atoms with E-state index in [4.69, 9.17) is 0 Å². The second-order valence-electron chi connectivity index (χ2n) is 4.07. The molecule has 0 aliphatic heterocycles. The van der Waals surface area contributed by atoms with Crippen LogP contribution in [0.5, 0.6) is 0 Å². The predicted octanol–water partition coefficient (Wildman–Crippen LogP) is -7.21. The van der Waals surface area contributed by atoms with E-state index in [0.29, 0.717) is 36.5 Å². The molecule has 0 fully saturated rings. The molecule has 0 atom stereocenters. The third-order valence-corrected chi connectivity index (χ3v) is 1.73. The number of carbonyl (C=O) groups is 6. The Hall–Kier alpha value is -3.70. The summed E-state index contributed by atoms with van der Waals surface area (Å²) in [5.74, 6) is -8.23. The van der Waals surface area contributed by atoms with Gasteiger partial charge in [0.15, 0.2) is 0 Å². The van der Waals surface area contributed by atoms with E-state index in [9.17, 15) is 59.4 Å². The minimum absolute atomic E-state index is 0. The Balaban J connectivity index is -0.000000110. The Morgan fingerprint density at radius 2 is 0.406 bits per heavy atom. The third-order valence-electron chi connectivity index (χ3n) is 1.73. The molecule has 0 saturated heterocycles. The summed E-state index contributed by atoms with van der Waals surface area (Å²) in [6, 6.07) is 0. The number of hydrogen-bond donors (Lipinski definition) is 0. The largest absolute Gasteiger partial charge is 3.00 e. The van der Waals surface area contributed by atoms with Crippen molar-refractivity contribution in [2.24, 2.45) is 0 Å². The zero-order valence-corrected chi connectivity index (χ0v) is 17.7. The van der Waals surface area contributed by atoms with E-state index in [2.05, 4.69) is 0 Å². The number of carboxylic acid groups (broad SMARTS) is 6. The van der Waals surface area contributed by atoms with Gasteiger partial charge in [-0.3, -0.25) is 0 Å². The summed E-state index contributed by atoms with van der Waals surface area (Å²) in [5, 5.41) is 57.9. The van der Waals surface area contributed by atoms with Crippen molar-refractivity contribution in [2.45, 2.75) is 0 Å². The van der Waals surface area contributed by atoms with E-state index < -0.39 is 35.8 Å². The second kappa shape index (κ2) is 27.3. The predicted molar refractivity (Wildman–Crippen MR) is 84.9 cm³/mol. The number of allylic oxidation sites excluding steroid dienone is 6. The van der Waals surface area contributed by atoms with E-state index in [1.807, 2.05) is 0 Å². The van der Waals surface area contributed by atoms with Gasteiger partial charge in [-0.25, -0.2) is 0 Å². The molecule has 0 aliphatic carbocycles. The van der Waals surface area contributed by atoms with Crippen molar-refractivity contribution < 1.29 is 93.5 Å². The topological polar surface area (TPSA) is 241 Å². The van der Waals surface area contributed by atoms with Gasteiger partial charge in [-0.05, 0) is 36.5 Å². The molecule has 0 aliphatic rings. The van der Waals surface area contributed by atoms with Crippen molar-refractivity contribution in [3.63, 3.8) is 0 Å². The maximum absolute atomic E-state index is 9.65. The first kappa shape index (κ1) is 38.8. The van der Waals surface area contributed by atoms with E-state index in [1.165, 1.54) is 0 Å². The van der Waals surface area contributed by atoms with Crippen molar-refractivity contribution in [2.75, 3.05) is 0 Å². The molecule has 0 amide bonds. The molecule has 0 saturated carbocycles. The molecule has 172 valence electrons. The Morgan fingerprint density at radius 3 is 0.469 bits per heavy atom. The first-order chi connectivity index (χ1) is 13.9. The first-order valence-corrected chi connectivity index (χ1v) is 7.18. The van der Waals surface area contributed by atoms with Crippen LogP contribution in [0.15, 0.2) is 72.9 Å². The van der Waals surface area contributed by atoms with E-state index in [0.717, 1.165) is 36.5 Å². The Labute approximate surface area is 202 Å². The van der Waals surface area contributed by atoms with Crippen molar-refractivity contribution >= 4 is 35.8 Å². The number of aliphatic carboxylic acids is 6. The summed E-state index contributed by atoms with van der Waals surface area (Å²) in [4.78, 5) is 57.9. The molecule has 12 nitrogen and oxygen atoms in total. The molecule has 0 unspecified atom stereocenters. The molecule has 14 heteroatoms. The molecule has 0 bridgehead atoms. The van der Waals surface area contributed by atoms with Crippen LogP contribution in [-0.4, -0.2) is 35.8 Å². The molecule has 0 N–H and O–H groups in total. The standard InChI is InChI=1S/3C6H6O4.2Fe/c3*7-5(8)3-1-2-4-6(9)10;;/h3*1-4H,(H,7,8)(H,9,10);;/q;;;2*+3/p-6/b3*3-1+,4-2+;;. The molecule has 0 heterocycles. The maximum atomic E-state index is 9.65. The van der Waals surface area contributed by atoms with Crippen LogP contribution in [0.1, 0.15) is 0 Å². The fraction of sp³-hybridized carbons (Fsp3) is 0. The smallest absolute Gasteiger partial charge is 0.545 e. The SMILES string of the molecule is O=C([O-])/C=C/C=C/C(=O)[O-].O=C([O-])/C=C/C=C/C(=O)[O-].O=C([O-])/C=C/C=C/C(=O)[O-].[Fe+3].[Fe+3]. The fourth-order valence-electron chi connectivity index (χ4n) is 0.805. The summed E-state index contributed by atoms with van der Waals surface area (Å²) in [5.41, 5.74) is 0. The molecular weight excluding hydrogens is 520 g/mol. The van der Waals surface area contributed by atoms with Crippen LogP contribution < -0.4 is 30.6 Å². The summed E-state index contributed by atoms with van der Waals surface area (Å²) in [7, 11) is 0. The van der Waals surface area contributed by atoms with E-state index >= 15 is 0 Å². The summed E-state index contributed by atoms with van der Waals surface area (Å²) >= 11 is 0. The van der Waals surface area contributed by atoms with Crippen molar-refractivity contribution in [3.05, 3.63) is 72.9 Å². The average Bonchev–Trinajstić information content (AvgIpc) is 2.60. The van der Waals surface area contributed by atoms with Gasteiger partial charge in [0.05, 0.1) is 35.8 Å². The molecule has 0 aromatic carbocycles. The number of rotatable bonds is 9. The molecule has 2 radical (unpaired) electrons. The zero-order valence-electron chi connectivity index (χ0n) is 15.5. The van der Waals surface area contributed by atoms with Gasteiger partial charge < -0.3 is 59.4 Å². The van der Waals surface area contributed by atoms with E-state index in [-0.39, 0.29) is 34.1 Å². The summed E-state index contributed by atoms with van der Waals surface area (Å²) in [6.07, 6.45) is 10.4. The van der Waals surface area contributed by atoms with Crippen LogP contribution in [-0.2, 0) is 62.9 Å². The van der Waals surface area contributed by atoms with E-state index in [1.54, 1.807) is 0 Å². The van der Waals surface area contributed by atoms with Gasteiger partial charge in [0.2, 0.25) is 0 Å². The quantitative estimate of drug-likeness (QED) is 0.153. The average molecular weight is 532 g/mol. The third kappa shape index (κ3) is 56.2. The molecular formula is C18H12Fe2O12. The van der Waals surface area contributed by atoms with Crippen LogP contribution in [0.25, 0.3) is 0 Å². The Morgan fingerprint density at radius 1 is 0.312 bits per heavy atom. The summed E-state index contributed by atoms with van der Waals surface area (Å²) < 4.78 is 0. The Kier molecular flexibility index (Phi) is 33.1. The van der Waals surface area contributed by atoms with Crippen molar-refractivity contribution in [1.29, 1.82) is 0 Å². The van der Waals surface area contributed by atoms with Crippen LogP contribution in [0.2, 0.25) is 0 Å². The summed E-state index contributed by atoms with van der Waals surface area (Å²) in [6.45, 7) is 0. The minimum Gasteiger partial charge on any atom is -0.545 e. The van der Waals surface area contributed by atoms with Crippen LogP contribution in [0.4, 0.5) is 0 Å².